The Morgan fingerprint density at radius 2 is 1.21 bits per heavy atom. The molecule has 8 aromatic rings. The number of thiazole rings is 1. The molecule has 2 atom stereocenters. The van der Waals surface area contributed by atoms with Gasteiger partial charge in [-0.15, -0.1) is 34.7 Å². The Kier molecular flexibility index (Phi) is 15.4. The molecule has 0 saturated carbocycles. The number of oxime groups is 1. The van der Waals surface area contributed by atoms with E-state index in [2.05, 4.69) is 47.0 Å². The average molecular weight is 1050 g/mol. The summed E-state index contributed by atoms with van der Waals surface area (Å²) in [6, 6.07) is 65.6. The maximum atomic E-state index is 15.3. The van der Waals surface area contributed by atoms with E-state index in [9.17, 15) is 9.59 Å². The Morgan fingerprint density at radius 3 is 1.69 bits per heavy atom. The van der Waals surface area contributed by atoms with Gasteiger partial charge in [0.15, 0.2) is 10.8 Å². The lowest BCUT2D eigenvalue weighted by atomic mass is 9.77. The van der Waals surface area contributed by atoms with E-state index in [1.165, 1.54) is 28.0 Å². The molecule has 1 fully saturated rings. The number of thioether (sulfide) groups is 1. The molecule has 374 valence electrons. The number of carbonyl (C=O) groups is 3. The first-order valence-corrected chi connectivity index (χ1v) is 26.6. The van der Waals surface area contributed by atoms with Crippen LogP contribution in [0.25, 0.3) is 0 Å². The zero-order valence-electron chi connectivity index (χ0n) is 40.6. The fraction of sp³-hybridized carbons (Fsp3) is 0.131. The number of halogens is 1. The predicted octanol–water partition coefficient (Wildman–Crippen LogP) is 11.5. The topological polar surface area (TPSA) is 131 Å². The van der Waals surface area contributed by atoms with Crippen LogP contribution in [0.5, 0.6) is 5.75 Å². The van der Waals surface area contributed by atoms with Crippen molar-refractivity contribution in [1.82, 2.24) is 15.2 Å². The van der Waals surface area contributed by atoms with Gasteiger partial charge in [0.1, 0.15) is 40.7 Å². The number of hydrogen-bond acceptors (Lipinski definition) is 11. The number of nitrogens with zero attached hydrogens (tertiary/aromatic N) is 3. The summed E-state index contributed by atoms with van der Waals surface area (Å²) in [5.74, 6) is -0.694. The number of anilines is 1. The van der Waals surface area contributed by atoms with Crippen LogP contribution in [-0.4, -0.2) is 63.5 Å². The van der Waals surface area contributed by atoms with Gasteiger partial charge in [-0.25, -0.2) is 9.78 Å². The average Bonchev–Trinajstić information content (AvgIpc) is 3.96. The van der Waals surface area contributed by atoms with E-state index in [0.717, 1.165) is 38.9 Å². The van der Waals surface area contributed by atoms with Gasteiger partial charge in [0.2, 0.25) is 5.60 Å². The zero-order valence-corrected chi connectivity index (χ0v) is 43.0. The maximum Gasteiger partial charge on any atom is 0.355 e. The lowest BCUT2D eigenvalue weighted by molar-refractivity contribution is -0.153. The van der Waals surface area contributed by atoms with Crippen LogP contribution in [0.15, 0.2) is 240 Å². The number of alkyl halides is 1. The number of carbonyl (C=O) groups excluding carboxylic acids is 3. The summed E-state index contributed by atoms with van der Waals surface area (Å²) in [5, 5.41) is 13.2. The molecule has 1 aromatic heterocycles. The molecule has 2 aliphatic heterocycles. The van der Waals surface area contributed by atoms with Crippen LogP contribution in [-0.2, 0) is 41.7 Å². The molecule has 0 spiro atoms. The van der Waals surface area contributed by atoms with Crippen LogP contribution in [0.3, 0.4) is 0 Å². The highest BCUT2D eigenvalue weighted by Gasteiger charge is 2.55. The molecule has 1 saturated heterocycles. The minimum Gasteiger partial charge on any atom is -0.497 e. The summed E-state index contributed by atoms with van der Waals surface area (Å²) in [6.45, 7) is -0.0389. The fourth-order valence-electron chi connectivity index (χ4n) is 9.47. The van der Waals surface area contributed by atoms with E-state index in [4.69, 9.17) is 36.1 Å². The molecule has 10 rings (SSSR count). The highest BCUT2D eigenvalue weighted by atomic mass is 35.5. The van der Waals surface area contributed by atoms with Gasteiger partial charge in [-0.2, -0.15) is 0 Å². The number of esters is 1. The van der Waals surface area contributed by atoms with Crippen molar-refractivity contribution in [2.75, 3.05) is 24.1 Å². The molecule has 0 radical (unpaired) electrons. The van der Waals surface area contributed by atoms with Crippen molar-refractivity contribution in [2.24, 2.45) is 5.16 Å². The smallest absolute Gasteiger partial charge is 0.355 e. The van der Waals surface area contributed by atoms with Gasteiger partial charge in [-0.3, -0.25) is 14.5 Å². The van der Waals surface area contributed by atoms with Crippen molar-refractivity contribution in [1.29, 1.82) is 0 Å². The molecule has 2 amide bonds. The van der Waals surface area contributed by atoms with Crippen molar-refractivity contribution in [3.05, 3.63) is 280 Å². The number of allylic oxidation sites excluding steroid dienone is 2. The minimum absolute atomic E-state index is 0.0389. The molecule has 0 bridgehead atoms. The van der Waals surface area contributed by atoms with Crippen LogP contribution in [0.2, 0.25) is 0 Å². The Labute approximate surface area is 448 Å². The molecule has 11 nitrogen and oxygen atoms in total. The molecule has 14 heteroatoms. The summed E-state index contributed by atoms with van der Waals surface area (Å²) in [5.41, 5.74) is 4.28. The van der Waals surface area contributed by atoms with Crippen molar-refractivity contribution in [2.45, 2.75) is 29.2 Å². The van der Waals surface area contributed by atoms with Crippen molar-refractivity contribution < 1.29 is 28.7 Å². The molecular weight excluding hydrogens is 998 g/mol. The van der Waals surface area contributed by atoms with Gasteiger partial charge in [0.25, 0.3) is 11.8 Å². The van der Waals surface area contributed by atoms with Gasteiger partial charge < -0.3 is 24.9 Å². The number of β-lactam (4-membered cyclic amide) rings is 1. The first kappa shape index (κ1) is 50.3. The van der Waals surface area contributed by atoms with E-state index in [1.54, 1.807) is 48.9 Å². The van der Waals surface area contributed by atoms with E-state index >= 15 is 4.79 Å². The Morgan fingerprint density at radius 1 is 0.720 bits per heavy atom. The third kappa shape index (κ3) is 10.2. The number of benzene rings is 7. The maximum absolute atomic E-state index is 15.3. The number of ether oxygens (including phenoxy) is 2. The summed E-state index contributed by atoms with van der Waals surface area (Å²) in [4.78, 5) is 57.3. The second-order valence-electron chi connectivity index (χ2n) is 17.5. The first-order valence-electron chi connectivity index (χ1n) is 24.2. The normalized spacial score (nSPS) is 15.7. The van der Waals surface area contributed by atoms with Gasteiger partial charge >= 0.3 is 5.97 Å². The van der Waals surface area contributed by atoms with E-state index in [0.29, 0.717) is 22.2 Å². The van der Waals surface area contributed by atoms with E-state index in [1.807, 2.05) is 146 Å². The number of hydrogen-bond donors (Lipinski definition) is 2. The van der Waals surface area contributed by atoms with Crippen molar-refractivity contribution >= 4 is 63.3 Å². The summed E-state index contributed by atoms with van der Waals surface area (Å²) < 4.78 is 11.1. The fourth-order valence-corrected chi connectivity index (χ4v) is 11.6. The van der Waals surface area contributed by atoms with Gasteiger partial charge in [-0.05, 0) is 40.0 Å². The molecule has 3 heterocycles. The molecule has 2 aliphatic rings. The second kappa shape index (κ2) is 22.9. The Hall–Kier alpha value is -8.23. The van der Waals surface area contributed by atoms with E-state index < -0.39 is 40.3 Å². The SMILES string of the molecule is COc1ccc(COC(=O)C2=C(/C=C\CCl)CS[C@H]3[C@H](NC(=O)C(=NOC(c4ccccc4)(c4ccccc4)c4ccccc4)c4csc(NC(c5ccccc5)(c5ccccc5)c5ccccc5)n4)C(=O)N23)cc1. The third-order valence-electron chi connectivity index (χ3n) is 13.1. The molecule has 0 aliphatic carbocycles. The molecule has 0 unspecified atom stereocenters. The quantitative estimate of drug-likeness (QED) is 0.0203. The Balaban J connectivity index is 1.04. The zero-order chi connectivity index (χ0) is 51.6. The monoisotopic (exact) mass is 1050 g/mol. The number of amides is 2. The van der Waals surface area contributed by atoms with Gasteiger partial charge in [0, 0.05) is 33.7 Å². The summed E-state index contributed by atoms with van der Waals surface area (Å²) >= 11 is 8.77. The minimum atomic E-state index is -1.36. The number of fused-ring (bicyclic) bond motifs is 1. The molecule has 2 N–H and O–H groups in total. The predicted molar refractivity (Wildman–Crippen MR) is 296 cm³/mol. The standard InChI is InChI=1S/C61H50ClN5O6S2/c1-71-50-36-34-42(35-37-50)39-72-58(70)54-43(21-20-38-62)40-74-57-53(56(69)67(54)57)64-55(68)52(66-73-61(47-28-14-5-15-29-47,48-30-16-6-17-31-48)49-32-18-7-19-33-49)51-41-75-59(63-51)65-60(44-22-8-2-9-23-44,45-24-10-3-11-25-45)46-26-12-4-13-27-46/h2-37,41,53,57H,38-40H2,1H3,(H,63,65)(H,64,68)/b21-20-,66-52?/t53-,57+/m1/s1. The lowest BCUT2D eigenvalue weighted by Crippen LogP contribution is -2.71. The van der Waals surface area contributed by atoms with Crippen molar-refractivity contribution in [3.8, 4) is 5.75 Å². The molecule has 7 aromatic carbocycles. The number of nitrogens with one attached hydrogen (secondary N) is 2. The van der Waals surface area contributed by atoms with Crippen LogP contribution < -0.4 is 15.4 Å². The van der Waals surface area contributed by atoms with Crippen LogP contribution in [0.4, 0.5) is 5.13 Å². The number of aromatic nitrogens is 1. The molecule has 75 heavy (non-hydrogen) atoms. The summed E-state index contributed by atoms with van der Waals surface area (Å²) in [7, 11) is 1.58. The van der Waals surface area contributed by atoms with Crippen LogP contribution in [0, 0.1) is 0 Å². The van der Waals surface area contributed by atoms with Gasteiger partial charge in [-0.1, -0.05) is 211 Å². The highest BCUT2D eigenvalue weighted by molar-refractivity contribution is 8.00. The van der Waals surface area contributed by atoms with E-state index in [-0.39, 0.29) is 29.6 Å². The second-order valence-corrected chi connectivity index (χ2v) is 19.8. The Bertz CT molecular complexity index is 3150. The highest BCUT2D eigenvalue weighted by Crippen LogP contribution is 2.44. The van der Waals surface area contributed by atoms with Crippen LogP contribution in [0.1, 0.15) is 44.6 Å². The van der Waals surface area contributed by atoms with Gasteiger partial charge in [0.05, 0.1) is 7.11 Å². The number of rotatable bonds is 19. The van der Waals surface area contributed by atoms with Crippen molar-refractivity contribution in [3.63, 3.8) is 0 Å². The first-order chi connectivity index (χ1) is 36.8. The lowest BCUT2D eigenvalue weighted by Gasteiger charge is -2.49. The third-order valence-corrected chi connectivity index (χ3v) is 15.3. The summed E-state index contributed by atoms with van der Waals surface area (Å²) in [6.07, 6.45) is 3.44. The number of methoxy groups -OCH3 is 1. The van der Waals surface area contributed by atoms with Crippen LogP contribution >= 0.6 is 34.7 Å². The largest absolute Gasteiger partial charge is 0.497 e. The molecular formula is C61H50ClN5O6S2.